The second-order valence-electron chi connectivity index (χ2n) is 7.90. The Morgan fingerprint density at radius 3 is 2.71 bits per heavy atom. The predicted octanol–water partition coefficient (Wildman–Crippen LogP) is 4.30. The molecule has 0 spiro atoms. The molecule has 0 radical (unpaired) electrons. The lowest BCUT2D eigenvalue weighted by Gasteiger charge is -2.36. The zero-order chi connectivity index (χ0) is 20.3. The van der Waals surface area contributed by atoms with Crippen LogP contribution in [0, 0.1) is 0 Å². The van der Waals surface area contributed by atoms with Gasteiger partial charge in [0.2, 0.25) is 0 Å². The molecular formula is C21H25N3O4. The number of benzene rings is 1. The lowest BCUT2D eigenvalue weighted by molar-refractivity contribution is 0.00895. The molecule has 1 aliphatic rings. The van der Waals surface area contributed by atoms with Gasteiger partial charge in [0, 0.05) is 12.1 Å². The summed E-state index contributed by atoms with van der Waals surface area (Å²) in [6.45, 7) is 6.15. The van der Waals surface area contributed by atoms with Gasteiger partial charge in [0.1, 0.15) is 5.60 Å². The van der Waals surface area contributed by atoms with Crippen molar-refractivity contribution in [2.75, 3.05) is 6.54 Å². The quantitative estimate of drug-likeness (QED) is 0.849. The van der Waals surface area contributed by atoms with Gasteiger partial charge in [-0.2, -0.15) is 0 Å². The van der Waals surface area contributed by atoms with Crippen LogP contribution in [0.25, 0.3) is 11.3 Å². The van der Waals surface area contributed by atoms with Crippen LogP contribution >= 0.6 is 0 Å². The van der Waals surface area contributed by atoms with E-state index in [1.807, 2.05) is 20.8 Å². The zero-order valence-electron chi connectivity index (χ0n) is 16.4. The molecule has 1 atom stereocenters. The molecular weight excluding hydrogens is 358 g/mol. The Morgan fingerprint density at radius 1 is 1.21 bits per heavy atom. The number of carbonyl (C=O) groups is 2. The van der Waals surface area contributed by atoms with Gasteiger partial charge in [0.25, 0.3) is 0 Å². The molecule has 7 heteroatoms. The van der Waals surface area contributed by atoms with E-state index >= 15 is 0 Å². The van der Waals surface area contributed by atoms with Crippen molar-refractivity contribution in [3.8, 4) is 11.3 Å². The van der Waals surface area contributed by atoms with E-state index in [9.17, 15) is 14.7 Å². The topological polar surface area (TPSA) is 92.6 Å². The number of carboxylic acids is 1. The standard InChI is InChI=1S/C21H25N3O4/c1-21(2,3)28-20(27)24-10-5-4-9-18(24)17-13-22-12-16(23-17)14-7-6-8-15(11-14)19(25)26/h6-8,11-13,18H,4-5,9-10H2,1-3H3,(H,25,26). The van der Waals surface area contributed by atoms with Crippen LogP contribution in [0.5, 0.6) is 0 Å². The molecule has 1 amide bonds. The summed E-state index contributed by atoms with van der Waals surface area (Å²) in [6.07, 6.45) is 5.61. The summed E-state index contributed by atoms with van der Waals surface area (Å²) in [6, 6.07) is 6.38. The molecule has 1 aliphatic heterocycles. The minimum Gasteiger partial charge on any atom is -0.478 e. The number of likely N-dealkylation sites (tertiary alicyclic amines) is 1. The number of nitrogens with zero attached hydrogens (tertiary/aromatic N) is 3. The molecule has 0 saturated carbocycles. The summed E-state index contributed by atoms with van der Waals surface area (Å²) in [5.74, 6) is -0.991. The lowest BCUT2D eigenvalue weighted by Crippen LogP contribution is -2.42. The monoisotopic (exact) mass is 383 g/mol. The average molecular weight is 383 g/mol. The minimum absolute atomic E-state index is 0.192. The average Bonchev–Trinajstić information content (AvgIpc) is 2.67. The van der Waals surface area contributed by atoms with Crippen molar-refractivity contribution >= 4 is 12.1 Å². The summed E-state index contributed by atoms with van der Waals surface area (Å²) in [4.78, 5) is 34.6. The largest absolute Gasteiger partial charge is 0.478 e. The molecule has 1 fully saturated rings. The van der Waals surface area contributed by atoms with Gasteiger partial charge in [-0.1, -0.05) is 12.1 Å². The molecule has 148 valence electrons. The number of piperidine rings is 1. The second kappa shape index (κ2) is 7.96. The van der Waals surface area contributed by atoms with Crippen molar-refractivity contribution in [2.45, 2.75) is 51.7 Å². The fourth-order valence-electron chi connectivity index (χ4n) is 3.27. The number of hydrogen-bond donors (Lipinski definition) is 1. The Morgan fingerprint density at radius 2 is 2.00 bits per heavy atom. The fraction of sp³-hybridized carbons (Fsp3) is 0.429. The molecule has 0 aliphatic carbocycles. The maximum atomic E-state index is 12.7. The zero-order valence-corrected chi connectivity index (χ0v) is 16.4. The Kier molecular flexibility index (Phi) is 5.63. The van der Waals surface area contributed by atoms with E-state index < -0.39 is 11.6 Å². The van der Waals surface area contributed by atoms with E-state index in [2.05, 4.69) is 4.98 Å². The van der Waals surface area contributed by atoms with E-state index in [4.69, 9.17) is 9.72 Å². The molecule has 1 saturated heterocycles. The van der Waals surface area contributed by atoms with Crippen LogP contribution in [0.4, 0.5) is 4.79 Å². The van der Waals surface area contributed by atoms with Gasteiger partial charge < -0.3 is 9.84 Å². The Balaban J connectivity index is 1.90. The van der Waals surface area contributed by atoms with Crippen LogP contribution in [0.2, 0.25) is 0 Å². The molecule has 1 unspecified atom stereocenters. The number of aromatic carboxylic acids is 1. The highest BCUT2D eigenvalue weighted by atomic mass is 16.6. The van der Waals surface area contributed by atoms with Gasteiger partial charge in [-0.25, -0.2) is 14.6 Å². The lowest BCUT2D eigenvalue weighted by atomic mass is 9.99. The SMILES string of the molecule is CC(C)(C)OC(=O)N1CCCCC1c1cncc(-c2cccc(C(=O)O)c2)n1. The first-order valence-corrected chi connectivity index (χ1v) is 9.40. The molecule has 3 rings (SSSR count). The van der Waals surface area contributed by atoms with Gasteiger partial charge in [-0.05, 0) is 52.2 Å². The Labute approximate surface area is 164 Å². The number of rotatable bonds is 3. The minimum atomic E-state index is -0.991. The van der Waals surface area contributed by atoms with Crippen molar-refractivity contribution in [1.82, 2.24) is 14.9 Å². The third-order valence-corrected chi connectivity index (χ3v) is 4.53. The molecule has 1 N–H and O–H groups in total. The predicted molar refractivity (Wildman–Crippen MR) is 104 cm³/mol. The van der Waals surface area contributed by atoms with Gasteiger partial charge >= 0.3 is 12.1 Å². The van der Waals surface area contributed by atoms with Crippen LogP contribution in [0.15, 0.2) is 36.7 Å². The van der Waals surface area contributed by atoms with Crippen molar-refractivity contribution < 1.29 is 19.4 Å². The van der Waals surface area contributed by atoms with Crippen molar-refractivity contribution in [1.29, 1.82) is 0 Å². The van der Waals surface area contributed by atoms with Gasteiger partial charge in [-0.15, -0.1) is 0 Å². The number of aromatic nitrogens is 2. The summed E-state index contributed by atoms with van der Waals surface area (Å²) in [7, 11) is 0. The van der Waals surface area contributed by atoms with Crippen LogP contribution in [0.3, 0.4) is 0 Å². The first-order valence-electron chi connectivity index (χ1n) is 9.40. The van der Waals surface area contributed by atoms with E-state index in [1.165, 1.54) is 6.07 Å². The second-order valence-corrected chi connectivity index (χ2v) is 7.90. The van der Waals surface area contributed by atoms with Crippen molar-refractivity contribution in [3.63, 3.8) is 0 Å². The van der Waals surface area contributed by atoms with E-state index in [0.717, 1.165) is 19.3 Å². The number of ether oxygens (including phenoxy) is 1. The van der Waals surface area contributed by atoms with Crippen LogP contribution in [-0.4, -0.2) is 44.2 Å². The van der Waals surface area contributed by atoms with Crippen molar-refractivity contribution in [2.24, 2.45) is 0 Å². The first-order chi connectivity index (χ1) is 13.2. The van der Waals surface area contributed by atoms with E-state index in [-0.39, 0.29) is 17.7 Å². The molecule has 1 aromatic carbocycles. The number of carboxylic acid groups (broad SMARTS) is 1. The molecule has 1 aromatic heterocycles. The van der Waals surface area contributed by atoms with E-state index in [1.54, 1.807) is 35.5 Å². The summed E-state index contributed by atoms with van der Waals surface area (Å²) in [5.41, 5.74) is 1.56. The van der Waals surface area contributed by atoms with Gasteiger partial charge in [-0.3, -0.25) is 9.88 Å². The van der Waals surface area contributed by atoms with Gasteiger partial charge in [0.15, 0.2) is 0 Å². The van der Waals surface area contributed by atoms with Crippen LogP contribution < -0.4 is 0 Å². The normalized spacial score (nSPS) is 17.2. The summed E-state index contributed by atoms with van der Waals surface area (Å²) >= 11 is 0. The molecule has 28 heavy (non-hydrogen) atoms. The Bertz CT molecular complexity index is 876. The maximum absolute atomic E-state index is 12.7. The summed E-state index contributed by atoms with van der Waals surface area (Å²) in [5, 5.41) is 9.21. The summed E-state index contributed by atoms with van der Waals surface area (Å²) < 4.78 is 5.56. The van der Waals surface area contributed by atoms with E-state index in [0.29, 0.717) is 23.5 Å². The van der Waals surface area contributed by atoms with Crippen LogP contribution in [0.1, 0.15) is 62.1 Å². The third kappa shape index (κ3) is 4.65. The fourth-order valence-corrected chi connectivity index (χ4v) is 3.27. The Hall–Kier alpha value is -2.96. The molecule has 7 nitrogen and oxygen atoms in total. The van der Waals surface area contributed by atoms with Crippen molar-refractivity contribution in [3.05, 3.63) is 47.9 Å². The molecule has 0 bridgehead atoms. The van der Waals surface area contributed by atoms with Gasteiger partial charge in [0.05, 0.1) is 35.4 Å². The molecule has 2 aromatic rings. The van der Waals surface area contributed by atoms with Crippen LogP contribution in [-0.2, 0) is 4.74 Å². The maximum Gasteiger partial charge on any atom is 0.410 e. The number of carbonyl (C=O) groups excluding carboxylic acids is 1. The number of hydrogen-bond acceptors (Lipinski definition) is 5. The highest BCUT2D eigenvalue weighted by Gasteiger charge is 2.32. The molecule has 2 heterocycles. The highest BCUT2D eigenvalue weighted by Crippen LogP contribution is 2.32. The third-order valence-electron chi connectivity index (χ3n) is 4.53. The number of amides is 1. The highest BCUT2D eigenvalue weighted by molar-refractivity contribution is 5.89. The smallest absolute Gasteiger partial charge is 0.410 e. The first kappa shape index (κ1) is 19.8.